The Kier molecular flexibility index (Phi) is 4.90. The van der Waals surface area contributed by atoms with E-state index in [1.54, 1.807) is 0 Å². The van der Waals surface area contributed by atoms with E-state index in [0.29, 0.717) is 0 Å². The molecule has 1 aromatic heterocycles. The summed E-state index contributed by atoms with van der Waals surface area (Å²) in [5.74, 6) is 0. The smallest absolute Gasteiger partial charge is 0.0271 e. The average molecular weight is 221 g/mol. The minimum atomic E-state index is -0.0942. The van der Waals surface area contributed by atoms with Gasteiger partial charge in [0.15, 0.2) is 0 Å². The maximum absolute atomic E-state index is 6.19. The predicted molar refractivity (Wildman–Crippen MR) is 68.1 cm³/mol. The molecule has 2 N–H and O–H groups in total. The standard InChI is InChI=1S/C13H23N3/c1-4-13(3,14)11-16(5-2)10-12-6-8-15-9-7-12/h6-9H,4-5,10-11,14H2,1-3H3. The zero-order valence-corrected chi connectivity index (χ0v) is 10.6. The molecule has 1 aromatic rings. The highest BCUT2D eigenvalue weighted by molar-refractivity contribution is 5.09. The Morgan fingerprint density at radius 1 is 1.31 bits per heavy atom. The van der Waals surface area contributed by atoms with E-state index in [4.69, 9.17) is 5.73 Å². The average Bonchev–Trinajstić information content (AvgIpc) is 2.29. The Morgan fingerprint density at radius 2 is 1.94 bits per heavy atom. The van der Waals surface area contributed by atoms with Gasteiger partial charge in [-0.15, -0.1) is 0 Å². The van der Waals surface area contributed by atoms with E-state index >= 15 is 0 Å². The van der Waals surface area contributed by atoms with E-state index in [1.807, 2.05) is 12.4 Å². The molecule has 0 aliphatic rings. The van der Waals surface area contributed by atoms with E-state index < -0.39 is 0 Å². The van der Waals surface area contributed by atoms with Crippen molar-refractivity contribution in [1.29, 1.82) is 0 Å². The number of nitrogens with zero attached hydrogens (tertiary/aromatic N) is 2. The fourth-order valence-electron chi connectivity index (χ4n) is 1.65. The van der Waals surface area contributed by atoms with Gasteiger partial charge >= 0.3 is 0 Å². The lowest BCUT2D eigenvalue weighted by Gasteiger charge is -2.31. The van der Waals surface area contributed by atoms with Gasteiger partial charge in [-0.3, -0.25) is 9.88 Å². The van der Waals surface area contributed by atoms with Crippen molar-refractivity contribution in [2.75, 3.05) is 13.1 Å². The van der Waals surface area contributed by atoms with Crippen LogP contribution in [0.1, 0.15) is 32.8 Å². The monoisotopic (exact) mass is 221 g/mol. The van der Waals surface area contributed by atoms with Crippen molar-refractivity contribution < 1.29 is 0 Å². The van der Waals surface area contributed by atoms with Crippen molar-refractivity contribution in [3.05, 3.63) is 30.1 Å². The normalized spacial score (nSPS) is 15.1. The van der Waals surface area contributed by atoms with Crippen molar-refractivity contribution in [3.63, 3.8) is 0 Å². The predicted octanol–water partition coefficient (Wildman–Crippen LogP) is 2.03. The summed E-state index contributed by atoms with van der Waals surface area (Å²) >= 11 is 0. The first-order chi connectivity index (χ1) is 7.57. The number of nitrogens with two attached hydrogens (primary N) is 1. The molecule has 0 aromatic carbocycles. The van der Waals surface area contributed by atoms with Crippen LogP contribution in [0.15, 0.2) is 24.5 Å². The fourth-order valence-corrected chi connectivity index (χ4v) is 1.65. The topological polar surface area (TPSA) is 42.2 Å². The molecular formula is C13H23N3. The number of likely N-dealkylation sites (N-methyl/N-ethyl adjacent to an activating group) is 1. The van der Waals surface area contributed by atoms with Gasteiger partial charge in [0, 0.05) is 31.0 Å². The first-order valence-electron chi connectivity index (χ1n) is 5.97. The maximum atomic E-state index is 6.19. The van der Waals surface area contributed by atoms with Crippen LogP contribution in [0.25, 0.3) is 0 Å². The van der Waals surface area contributed by atoms with Gasteiger partial charge in [0.25, 0.3) is 0 Å². The summed E-state index contributed by atoms with van der Waals surface area (Å²) in [6.07, 6.45) is 4.68. The Morgan fingerprint density at radius 3 is 2.44 bits per heavy atom. The minimum Gasteiger partial charge on any atom is -0.324 e. The summed E-state index contributed by atoms with van der Waals surface area (Å²) in [6, 6.07) is 4.12. The van der Waals surface area contributed by atoms with Crippen LogP contribution >= 0.6 is 0 Å². The van der Waals surface area contributed by atoms with Crippen molar-refractivity contribution in [2.45, 2.75) is 39.3 Å². The number of pyridine rings is 1. The van der Waals surface area contributed by atoms with E-state index in [0.717, 1.165) is 26.1 Å². The molecule has 3 nitrogen and oxygen atoms in total. The fraction of sp³-hybridized carbons (Fsp3) is 0.615. The minimum absolute atomic E-state index is 0.0942. The van der Waals surface area contributed by atoms with Gasteiger partial charge in [0.2, 0.25) is 0 Å². The second kappa shape index (κ2) is 5.97. The quantitative estimate of drug-likeness (QED) is 0.799. The largest absolute Gasteiger partial charge is 0.324 e. The highest BCUT2D eigenvalue weighted by Crippen LogP contribution is 2.10. The number of hydrogen-bond acceptors (Lipinski definition) is 3. The van der Waals surface area contributed by atoms with Crippen molar-refractivity contribution >= 4 is 0 Å². The molecule has 1 rings (SSSR count). The van der Waals surface area contributed by atoms with Crippen molar-refractivity contribution in [2.24, 2.45) is 5.73 Å². The Labute approximate surface area is 98.7 Å². The van der Waals surface area contributed by atoms with Crippen LogP contribution in [0.2, 0.25) is 0 Å². The molecule has 1 heterocycles. The zero-order valence-electron chi connectivity index (χ0n) is 10.6. The highest BCUT2D eigenvalue weighted by Gasteiger charge is 2.19. The van der Waals surface area contributed by atoms with E-state index in [-0.39, 0.29) is 5.54 Å². The molecule has 0 saturated heterocycles. The zero-order chi connectivity index (χ0) is 12.0. The van der Waals surface area contributed by atoms with Crippen LogP contribution in [-0.2, 0) is 6.54 Å². The first kappa shape index (κ1) is 13.1. The van der Waals surface area contributed by atoms with Gasteiger partial charge in [0.1, 0.15) is 0 Å². The Bertz CT molecular complexity index is 295. The van der Waals surface area contributed by atoms with Gasteiger partial charge in [-0.25, -0.2) is 0 Å². The molecule has 0 amide bonds. The Balaban J connectivity index is 2.56. The second-order valence-corrected chi connectivity index (χ2v) is 4.67. The van der Waals surface area contributed by atoms with E-state index in [9.17, 15) is 0 Å². The molecule has 16 heavy (non-hydrogen) atoms. The number of aromatic nitrogens is 1. The molecule has 3 heteroatoms. The molecule has 0 radical (unpaired) electrons. The lowest BCUT2D eigenvalue weighted by Crippen LogP contribution is -2.47. The van der Waals surface area contributed by atoms with Crippen molar-refractivity contribution in [3.8, 4) is 0 Å². The lowest BCUT2D eigenvalue weighted by atomic mass is 9.99. The van der Waals surface area contributed by atoms with Crippen molar-refractivity contribution in [1.82, 2.24) is 9.88 Å². The van der Waals surface area contributed by atoms with Crippen LogP contribution in [0.3, 0.4) is 0 Å². The van der Waals surface area contributed by atoms with Crippen LogP contribution in [-0.4, -0.2) is 28.5 Å². The molecule has 0 bridgehead atoms. The van der Waals surface area contributed by atoms with Crippen LogP contribution in [0.4, 0.5) is 0 Å². The molecule has 90 valence electrons. The molecular weight excluding hydrogens is 198 g/mol. The third-order valence-corrected chi connectivity index (χ3v) is 3.00. The SMILES string of the molecule is CCN(Cc1ccncc1)CC(C)(N)CC. The van der Waals surface area contributed by atoms with Gasteiger partial charge in [-0.1, -0.05) is 13.8 Å². The van der Waals surface area contributed by atoms with Gasteiger partial charge < -0.3 is 5.73 Å². The van der Waals surface area contributed by atoms with Gasteiger partial charge in [0.05, 0.1) is 0 Å². The summed E-state index contributed by atoms with van der Waals surface area (Å²) < 4.78 is 0. The number of rotatable bonds is 6. The summed E-state index contributed by atoms with van der Waals surface area (Å²) in [4.78, 5) is 6.40. The number of hydrogen-bond donors (Lipinski definition) is 1. The Hall–Kier alpha value is -0.930. The van der Waals surface area contributed by atoms with E-state index in [2.05, 4.69) is 42.8 Å². The summed E-state index contributed by atoms with van der Waals surface area (Å²) in [5.41, 5.74) is 7.39. The second-order valence-electron chi connectivity index (χ2n) is 4.67. The summed E-state index contributed by atoms with van der Waals surface area (Å²) in [7, 11) is 0. The molecule has 1 unspecified atom stereocenters. The summed E-state index contributed by atoms with van der Waals surface area (Å²) in [6.45, 7) is 9.33. The molecule has 1 atom stereocenters. The van der Waals surface area contributed by atoms with Gasteiger partial charge in [-0.2, -0.15) is 0 Å². The first-order valence-corrected chi connectivity index (χ1v) is 5.97. The van der Waals surface area contributed by atoms with Crippen LogP contribution < -0.4 is 5.73 Å². The third-order valence-electron chi connectivity index (χ3n) is 3.00. The van der Waals surface area contributed by atoms with Crippen LogP contribution in [0.5, 0.6) is 0 Å². The molecule has 0 aliphatic heterocycles. The third kappa shape index (κ3) is 4.29. The molecule has 0 saturated carbocycles. The maximum Gasteiger partial charge on any atom is 0.0271 e. The molecule has 0 fully saturated rings. The summed E-state index contributed by atoms with van der Waals surface area (Å²) in [5, 5.41) is 0. The lowest BCUT2D eigenvalue weighted by molar-refractivity contribution is 0.215. The molecule has 0 spiro atoms. The molecule has 0 aliphatic carbocycles. The van der Waals surface area contributed by atoms with Crippen LogP contribution in [0, 0.1) is 0 Å². The van der Waals surface area contributed by atoms with E-state index in [1.165, 1.54) is 5.56 Å². The highest BCUT2D eigenvalue weighted by atomic mass is 15.1. The van der Waals surface area contributed by atoms with Gasteiger partial charge in [-0.05, 0) is 37.6 Å².